The number of thioether (sulfide) groups is 1. The molecule has 1 heterocycles. The molecule has 0 spiro atoms. The highest BCUT2D eigenvalue weighted by Crippen LogP contribution is 2.20. The second-order valence-electron chi connectivity index (χ2n) is 5.01. The summed E-state index contributed by atoms with van der Waals surface area (Å²) in [5.74, 6) is 0.708. The number of hydrogen-bond donors (Lipinski definition) is 0. The standard InChI is InChI=1S/C15H21FN2O2S/c1-17(12-15(19)18-6-9-20-10-7-18)8-11-21-14-5-3-2-4-13(14)16/h2-5H,6-12H2,1H3. The summed E-state index contributed by atoms with van der Waals surface area (Å²) in [6.45, 7) is 3.75. The molecule has 0 aromatic heterocycles. The molecule has 0 saturated carbocycles. The molecule has 6 heteroatoms. The number of amides is 1. The van der Waals surface area contributed by atoms with E-state index in [0.29, 0.717) is 37.7 Å². The lowest BCUT2D eigenvalue weighted by Crippen LogP contribution is -2.45. The van der Waals surface area contributed by atoms with E-state index < -0.39 is 0 Å². The minimum Gasteiger partial charge on any atom is -0.378 e. The second kappa shape index (κ2) is 8.36. The maximum atomic E-state index is 13.5. The molecule has 0 bridgehead atoms. The molecule has 1 aromatic carbocycles. The predicted molar refractivity (Wildman–Crippen MR) is 82.0 cm³/mol. The third-order valence-electron chi connectivity index (χ3n) is 3.34. The van der Waals surface area contributed by atoms with Gasteiger partial charge in [-0.25, -0.2) is 4.39 Å². The summed E-state index contributed by atoms with van der Waals surface area (Å²) in [6, 6.07) is 6.76. The molecule has 1 saturated heterocycles. The fourth-order valence-corrected chi connectivity index (χ4v) is 3.10. The highest BCUT2D eigenvalue weighted by Gasteiger charge is 2.17. The van der Waals surface area contributed by atoms with E-state index in [0.717, 1.165) is 12.3 Å². The highest BCUT2D eigenvalue weighted by molar-refractivity contribution is 7.99. The van der Waals surface area contributed by atoms with Gasteiger partial charge in [0.15, 0.2) is 0 Å². The lowest BCUT2D eigenvalue weighted by molar-refractivity contribution is -0.136. The monoisotopic (exact) mass is 312 g/mol. The van der Waals surface area contributed by atoms with Crippen molar-refractivity contribution in [2.75, 3.05) is 52.2 Å². The maximum absolute atomic E-state index is 13.5. The molecule has 1 aromatic rings. The third-order valence-corrected chi connectivity index (χ3v) is 4.36. The number of halogens is 1. The van der Waals surface area contributed by atoms with Gasteiger partial charge in [-0.15, -0.1) is 11.8 Å². The van der Waals surface area contributed by atoms with Gasteiger partial charge in [0.25, 0.3) is 0 Å². The van der Waals surface area contributed by atoms with Gasteiger partial charge in [0.1, 0.15) is 5.82 Å². The zero-order valence-corrected chi connectivity index (χ0v) is 13.1. The minimum atomic E-state index is -0.186. The number of likely N-dealkylation sites (N-methyl/N-ethyl adjacent to an activating group) is 1. The predicted octanol–water partition coefficient (Wildman–Crippen LogP) is 1.71. The van der Waals surface area contributed by atoms with Crippen LogP contribution in [0.2, 0.25) is 0 Å². The second-order valence-corrected chi connectivity index (χ2v) is 6.15. The van der Waals surface area contributed by atoms with Crippen molar-refractivity contribution in [3.63, 3.8) is 0 Å². The summed E-state index contributed by atoms with van der Waals surface area (Å²) < 4.78 is 18.7. The van der Waals surface area contributed by atoms with Crippen LogP contribution in [0.1, 0.15) is 0 Å². The summed E-state index contributed by atoms with van der Waals surface area (Å²) in [6.07, 6.45) is 0. The van der Waals surface area contributed by atoms with Gasteiger partial charge in [0, 0.05) is 30.3 Å². The Morgan fingerprint density at radius 2 is 2.10 bits per heavy atom. The van der Waals surface area contributed by atoms with Crippen molar-refractivity contribution in [3.8, 4) is 0 Å². The van der Waals surface area contributed by atoms with Crippen LogP contribution in [0.4, 0.5) is 4.39 Å². The topological polar surface area (TPSA) is 32.8 Å². The largest absolute Gasteiger partial charge is 0.378 e. The summed E-state index contributed by atoms with van der Waals surface area (Å²) in [4.78, 5) is 16.5. The molecule has 116 valence electrons. The molecule has 0 aliphatic carbocycles. The van der Waals surface area contributed by atoms with E-state index in [2.05, 4.69) is 0 Å². The van der Waals surface area contributed by atoms with E-state index in [1.165, 1.54) is 17.8 Å². The van der Waals surface area contributed by atoms with Crippen LogP contribution in [0.15, 0.2) is 29.2 Å². The zero-order chi connectivity index (χ0) is 15.1. The van der Waals surface area contributed by atoms with Gasteiger partial charge in [0.2, 0.25) is 5.91 Å². The van der Waals surface area contributed by atoms with Crippen molar-refractivity contribution < 1.29 is 13.9 Å². The third kappa shape index (κ3) is 5.30. The van der Waals surface area contributed by atoms with Crippen molar-refractivity contribution in [2.45, 2.75) is 4.90 Å². The molecular formula is C15H21FN2O2S. The van der Waals surface area contributed by atoms with Gasteiger partial charge in [0.05, 0.1) is 19.8 Å². The van der Waals surface area contributed by atoms with E-state index >= 15 is 0 Å². The molecule has 1 fully saturated rings. The molecule has 0 unspecified atom stereocenters. The Balaban J connectivity index is 1.68. The zero-order valence-electron chi connectivity index (χ0n) is 12.3. The van der Waals surface area contributed by atoms with Crippen LogP contribution in [0.3, 0.4) is 0 Å². The fraction of sp³-hybridized carbons (Fsp3) is 0.533. The molecular weight excluding hydrogens is 291 g/mol. The maximum Gasteiger partial charge on any atom is 0.236 e. The van der Waals surface area contributed by atoms with Crippen LogP contribution in [0, 0.1) is 5.82 Å². The number of ether oxygens (including phenoxy) is 1. The molecule has 1 aliphatic rings. The Kier molecular flexibility index (Phi) is 6.48. The summed E-state index contributed by atoms with van der Waals surface area (Å²) in [5, 5.41) is 0. The first-order valence-electron chi connectivity index (χ1n) is 7.08. The molecule has 0 atom stereocenters. The van der Waals surface area contributed by atoms with Crippen molar-refractivity contribution in [2.24, 2.45) is 0 Å². The smallest absolute Gasteiger partial charge is 0.236 e. The van der Waals surface area contributed by atoms with Gasteiger partial charge in [-0.05, 0) is 19.2 Å². The molecule has 0 N–H and O–H groups in total. The van der Waals surface area contributed by atoms with Gasteiger partial charge in [-0.1, -0.05) is 12.1 Å². The van der Waals surface area contributed by atoms with Crippen molar-refractivity contribution in [1.29, 1.82) is 0 Å². The molecule has 4 nitrogen and oxygen atoms in total. The van der Waals surface area contributed by atoms with E-state index in [9.17, 15) is 9.18 Å². The van der Waals surface area contributed by atoms with Gasteiger partial charge < -0.3 is 9.64 Å². The number of benzene rings is 1. The van der Waals surface area contributed by atoms with Crippen LogP contribution in [0.25, 0.3) is 0 Å². The molecule has 1 aliphatic heterocycles. The number of rotatable bonds is 6. The number of carbonyl (C=O) groups is 1. The Hall–Kier alpha value is -1.11. The first kappa shape index (κ1) is 16.3. The van der Waals surface area contributed by atoms with Crippen molar-refractivity contribution in [3.05, 3.63) is 30.1 Å². The average molecular weight is 312 g/mol. The van der Waals surface area contributed by atoms with E-state index in [-0.39, 0.29) is 11.7 Å². The minimum absolute atomic E-state index is 0.136. The average Bonchev–Trinajstić information content (AvgIpc) is 2.50. The number of nitrogens with zero attached hydrogens (tertiary/aromatic N) is 2. The Morgan fingerprint density at radius 3 is 2.81 bits per heavy atom. The first-order valence-corrected chi connectivity index (χ1v) is 8.07. The van der Waals surface area contributed by atoms with Crippen molar-refractivity contribution in [1.82, 2.24) is 9.80 Å². The van der Waals surface area contributed by atoms with E-state index in [1.54, 1.807) is 12.1 Å². The van der Waals surface area contributed by atoms with Crippen LogP contribution in [0.5, 0.6) is 0 Å². The Labute approximate surface area is 129 Å². The SMILES string of the molecule is CN(CCSc1ccccc1F)CC(=O)N1CCOCC1. The van der Waals surface area contributed by atoms with Gasteiger partial charge in [-0.3, -0.25) is 9.69 Å². The molecule has 0 radical (unpaired) electrons. The molecule has 21 heavy (non-hydrogen) atoms. The normalized spacial score (nSPS) is 15.5. The van der Waals surface area contributed by atoms with Crippen LogP contribution in [-0.4, -0.2) is 67.9 Å². The quantitative estimate of drug-likeness (QED) is 0.749. The van der Waals surface area contributed by atoms with Crippen LogP contribution < -0.4 is 0 Å². The Bertz CT molecular complexity index is 467. The Morgan fingerprint density at radius 1 is 1.38 bits per heavy atom. The van der Waals surface area contributed by atoms with E-state index in [1.807, 2.05) is 22.9 Å². The van der Waals surface area contributed by atoms with Crippen molar-refractivity contribution >= 4 is 17.7 Å². The summed E-state index contributed by atoms with van der Waals surface area (Å²) in [5.41, 5.74) is 0. The first-order chi connectivity index (χ1) is 10.2. The van der Waals surface area contributed by atoms with Gasteiger partial charge in [-0.2, -0.15) is 0 Å². The lowest BCUT2D eigenvalue weighted by Gasteiger charge is -2.28. The molecule has 1 amide bonds. The summed E-state index contributed by atoms with van der Waals surface area (Å²) in [7, 11) is 1.92. The van der Waals surface area contributed by atoms with Crippen LogP contribution >= 0.6 is 11.8 Å². The number of carbonyl (C=O) groups excluding carboxylic acids is 1. The van der Waals surface area contributed by atoms with E-state index in [4.69, 9.17) is 4.74 Å². The number of hydrogen-bond acceptors (Lipinski definition) is 4. The fourth-order valence-electron chi connectivity index (χ4n) is 2.10. The summed E-state index contributed by atoms with van der Waals surface area (Å²) >= 11 is 1.48. The lowest BCUT2D eigenvalue weighted by atomic mass is 10.3. The van der Waals surface area contributed by atoms with Crippen LogP contribution in [-0.2, 0) is 9.53 Å². The highest BCUT2D eigenvalue weighted by atomic mass is 32.2. The molecule has 2 rings (SSSR count). The van der Waals surface area contributed by atoms with Gasteiger partial charge >= 0.3 is 0 Å². The number of morpholine rings is 1.